The average molecular weight is 421 g/mol. The fraction of sp³-hybridized carbons (Fsp3) is 0.174. The van der Waals surface area contributed by atoms with Crippen LogP contribution >= 0.6 is 0 Å². The van der Waals surface area contributed by atoms with Gasteiger partial charge in [-0.2, -0.15) is 13.2 Å². The van der Waals surface area contributed by atoms with Gasteiger partial charge in [-0.05, 0) is 41.3 Å². The van der Waals surface area contributed by atoms with Gasteiger partial charge in [0.15, 0.2) is 0 Å². The van der Waals surface area contributed by atoms with Gasteiger partial charge in [0.05, 0.1) is 17.3 Å². The van der Waals surface area contributed by atoms with Crippen LogP contribution in [0, 0.1) is 11.6 Å². The van der Waals surface area contributed by atoms with E-state index in [1.165, 1.54) is 0 Å². The highest BCUT2D eigenvalue weighted by Crippen LogP contribution is 2.32. The van der Waals surface area contributed by atoms with Crippen LogP contribution in [0.5, 0.6) is 0 Å². The van der Waals surface area contributed by atoms with E-state index < -0.39 is 35.3 Å². The van der Waals surface area contributed by atoms with E-state index in [1.54, 1.807) is 30.5 Å². The van der Waals surface area contributed by atoms with Crippen LogP contribution in [0.25, 0.3) is 28.2 Å². The van der Waals surface area contributed by atoms with Gasteiger partial charge in [-0.15, -0.1) is 0 Å². The molecule has 0 saturated heterocycles. The van der Waals surface area contributed by atoms with E-state index in [0.29, 0.717) is 5.56 Å². The molecule has 0 bridgehead atoms. The zero-order valence-corrected chi connectivity index (χ0v) is 15.9. The molecule has 0 spiro atoms. The molecule has 1 nitrogen and oxygen atoms in total. The Kier molecular flexibility index (Phi) is 6.29. The van der Waals surface area contributed by atoms with Crippen LogP contribution < -0.4 is 0 Å². The van der Waals surface area contributed by atoms with Crippen LogP contribution in [0.3, 0.4) is 0 Å². The molecule has 3 rings (SSSR count). The fourth-order valence-corrected chi connectivity index (χ4v) is 3.05. The topological polar surface area (TPSA) is 12.9 Å². The highest BCUT2D eigenvalue weighted by Gasteiger charge is 2.27. The van der Waals surface area contributed by atoms with Crippen molar-refractivity contribution in [3.63, 3.8) is 0 Å². The molecule has 0 aliphatic carbocycles. The van der Waals surface area contributed by atoms with Crippen molar-refractivity contribution in [2.75, 3.05) is 0 Å². The van der Waals surface area contributed by atoms with Crippen LogP contribution in [0.4, 0.5) is 26.3 Å². The first-order valence-corrected chi connectivity index (χ1v) is 9.18. The summed E-state index contributed by atoms with van der Waals surface area (Å²) in [4.78, 5) is 4.40. The van der Waals surface area contributed by atoms with E-state index in [9.17, 15) is 26.3 Å². The zero-order valence-electron chi connectivity index (χ0n) is 15.9. The maximum atomic E-state index is 14.2. The van der Waals surface area contributed by atoms with Gasteiger partial charge in [0.25, 0.3) is 0 Å². The summed E-state index contributed by atoms with van der Waals surface area (Å²) in [5.41, 5.74) is 1.80. The first-order valence-electron chi connectivity index (χ1n) is 9.18. The minimum Gasteiger partial charge on any atom is -0.256 e. The molecule has 0 saturated carbocycles. The van der Waals surface area contributed by atoms with Gasteiger partial charge in [0, 0.05) is 11.8 Å². The highest BCUT2D eigenvalue weighted by atomic mass is 19.4. The normalized spacial score (nSPS) is 12.3. The molecule has 0 aliphatic heterocycles. The van der Waals surface area contributed by atoms with Crippen molar-refractivity contribution < 1.29 is 26.3 Å². The number of aromatic nitrogens is 1. The lowest BCUT2D eigenvalue weighted by atomic mass is 10.00. The molecule has 30 heavy (non-hydrogen) atoms. The summed E-state index contributed by atoms with van der Waals surface area (Å²) in [5.74, 6) is -4.85. The number of aryl methyl sites for hydroxylation is 1. The van der Waals surface area contributed by atoms with Crippen LogP contribution in [0.1, 0.15) is 24.5 Å². The lowest BCUT2D eigenvalue weighted by Crippen LogP contribution is -2.03. The third-order valence-electron chi connectivity index (χ3n) is 4.45. The van der Waals surface area contributed by atoms with Gasteiger partial charge < -0.3 is 0 Å². The number of alkyl halides is 3. The Hall–Kier alpha value is -3.09. The smallest absolute Gasteiger partial charge is 0.256 e. The number of rotatable bonds is 5. The minimum absolute atomic E-state index is 0.0753. The molecule has 0 N–H and O–H groups in total. The van der Waals surface area contributed by atoms with Crippen LogP contribution in [-0.2, 0) is 6.42 Å². The van der Waals surface area contributed by atoms with Crippen molar-refractivity contribution in [3.05, 3.63) is 83.6 Å². The molecule has 0 amide bonds. The summed E-state index contributed by atoms with van der Waals surface area (Å²) >= 11 is 0. The van der Waals surface area contributed by atoms with Gasteiger partial charge >= 0.3 is 6.18 Å². The van der Waals surface area contributed by atoms with E-state index in [2.05, 4.69) is 11.9 Å². The predicted molar refractivity (Wildman–Crippen MR) is 104 cm³/mol. The van der Waals surface area contributed by atoms with Crippen molar-refractivity contribution in [1.29, 1.82) is 0 Å². The standard InChI is InChI=1S/C23H17F6N/c1-2-3-14-4-9-21(30-13-14)16-7-5-15(6-8-16)17-10-18(24)22(19(25)11-17)20(26)12-23(27,28)29/h4-13H,2-3H2,1H3. The second-order valence-corrected chi connectivity index (χ2v) is 6.73. The summed E-state index contributed by atoms with van der Waals surface area (Å²) < 4.78 is 78.8. The SMILES string of the molecule is CCCc1ccc(-c2ccc(-c3cc(F)c(C(F)=CC(F)(F)F)c(F)c3)cc2)nc1. The Labute approximate surface area is 169 Å². The Morgan fingerprint density at radius 2 is 1.50 bits per heavy atom. The molecule has 0 radical (unpaired) electrons. The van der Waals surface area contributed by atoms with Crippen molar-refractivity contribution in [2.45, 2.75) is 25.9 Å². The van der Waals surface area contributed by atoms with Gasteiger partial charge in [-0.25, -0.2) is 13.2 Å². The highest BCUT2D eigenvalue weighted by molar-refractivity contribution is 5.71. The molecule has 0 unspecified atom stereocenters. The van der Waals surface area contributed by atoms with E-state index in [1.807, 2.05) is 12.1 Å². The van der Waals surface area contributed by atoms with Gasteiger partial charge in [-0.1, -0.05) is 43.7 Å². The molecule has 2 aromatic carbocycles. The second kappa shape index (κ2) is 8.73. The van der Waals surface area contributed by atoms with E-state index >= 15 is 0 Å². The Bertz CT molecular complexity index is 1030. The number of hydrogen-bond acceptors (Lipinski definition) is 1. The van der Waals surface area contributed by atoms with Crippen molar-refractivity contribution >= 4 is 5.83 Å². The number of pyridine rings is 1. The second-order valence-electron chi connectivity index (χ2n) is 6.73. The lowest BCUT2D eigenvalue weighted by molar-refractivity contribution is -0.0798. The van der Waals surface area contributed by atoms with E-state index in [4.69, 9.17) is 0 Å². The number of nitrogens with zero attached hydrogens (tertiary/aromatic N) is 1. The van der Waals surface area contributed by atoms with Gasteiger partial charge in [-0.3, -0.25) is 4.98 Å². The third kappa shape index (κ3) is 5.09. The number of allylic oxidation sites excluding steroid dienone is 1. The van der Waals surface area contributed by atoms with Crippen LogP contribution in [0.15, 0.2) is 60.8 Å². The predicted octanol–water partition coefficient (Wildman–Crippen LogP) is 7.52. The van der Waals surface area contributed by atoms with Crippen molar-refractivity contribution in [1.82, 2.24) is 4.98 Å². The third-order valence-corrected chi connectivity index (χ3v) is 4.45. The number of benzene rings is 2. The maximum Gasteiger partial charge on any atom is 0.412 e. The van der Waals surface area contributed by atoms with Gasteiger partial charge in [0.1, 0.15) is 17.5 Å². The maximum absolute atomic E-state index is 14.2. The molecule has 0 atom stereocenters. The van der Waals surface area contributed by atoms with Crippen molar-refractivity contribution in [3.8, 4) is 22.4 Å². The Morgan fingerprint density at radius 3 is 2.00 bits per heavy atom. The fourth-order valence-electron chi connectivity index (χ4n) is 3.05. The molecule has 0 aliphatic rings. The zero-order chi connectivity index (χ0) is 21.9. The Morgan fingerprint density at radius 1 is 0.900 bits per heavy atom. The van der Waals surface area contributed by atoms with Crippen LogP contribution in [-0.4, -0.2) is 11.2 Å². The first-order chi connectivity index (χ1) is 14.2. The molecular formula is C23H17F6N. The molecular weight excluding hydrogens is 404 g/mol. The molecule has 156 valence electrons. The van der Waals surface area contributed by atoms with E-state index in [0.717, 1.165) is 41.8 Å². The summed E-state index contributed by atoms with van der Waals surface area (Å²) in [6.07, 6.45) is -2.07. The molecule has 1 heterocycles. The molecule has 3 aromatic rings. The monoisotopic (exact) mass is 421 g/mol. The summed E-state index contributed by atoms with van der Waals surface area (Å²) in [5, 5.41) is 0. The number of halogens is 6. The van der Waals surface area contributed by atoms with Crippen LogP contribution in [0.2, 0.25) is 0 Å². The van der Waals surface area contributed by atoms with Crippen molar-refractivity contribution in [2.24, 2.45) is 0 Å². The quantitative estimate of drug-likeness (QED) is 0.388. The first kappa shape index (κ1) is 21.6. The largest absolute Gasteiger partial charge is 0.412 e. The summed E-state index contributed by atoms with van der Waals surface area (Å²) in [7, 11) is 0. The van der Waals surface area contributed by atoms with E-state index in [-0.39, 0.29) is 5.56 Å². The molecule has 7 heteroatoms. The lowest BCUT2D eigenvalue weighted by Gasteiger charge is -2.09. The van der Waals surface area contributed by atoms with Gasteiger partial charge in [0.2, 0.25) is 0 Å². The number of hydrogen-bond donors (Lipinski definition) is 0. The minimum atomic E-state index is -5.03. The Balaban J connectivity index is 1.89. The summed E-state index contributed by atoms with van der Waals surface area (Å²) in [6.45, 7) is 2.08. The molecule has 0 fully saturated rings. The average Bonchev–Trinajstić information content (AvgIpc) is 2.67. The molecule has 1 aromatic heterocycles. The summed E-state index contributed by atoms with van der Waals surface area (Å²) in [6, 6.07) is 12.1.